The average Bonchev–Trinajstić information content (AvgIpc) is 2.60. The Bertz CT molecular complexity index is 873. The van der Waals surface area contributed by atoms with Gasteiger partial charge in [0.15, 0.2) is 5.75 Å². The van der Waals surface area contributed by atoms with E-state index < -0.39 is 10.0 Å². The Balaban J connectivity index is 2.02. The van der Waals surface area contributed by atoms with Crippen LogP contribution in [0.3, 0.4) is 0 Å². The summed E-state index contributed by atoms with van der Waals surface area (Å²) in [5.41, 5.74) is 0.154. The Morgan fingerprint density at radius 3 is 2.42 bits per heavy atom. The van der Waals surface area contributed by atoms with Gasteiger partial charge in [-0.1, -0.05) is 13.8 Å². The van der Waals surface area contributed by atoms with Crippen LogP contribution in [-0.4, -0.2) is 26.6 Å². The molecular formula is C18H24N2O5S. The standard InChI is InChI=1S/C18H24N2O5S/c1-4-24-15-5-7-16(8-6-15)26(22,23)20-10-14-9-17(21)18(11-19-14)25-12-13(2)3/h5-9,11,13,20H,4,10,12H2,1-3H3,(H,19,21). The lowest BCUT2D eigenvalue weighted by Gasteiger charge is -2.10. The fourth-order valence-corrected chi connectivity index (χ4v) is 3.12. The van der Waals surface area contributed by atoms with Gasteiger partial charge in [-0.05, 0) is 37.1 Å². The number of aromatic nitrogens is 1. The van der Waals surface area contributed by atoms with Gasteiger partial charge in [0.1, 0.15) is 5.75 Å². The molecule has 2 rings (SSSR count). The van der Waals surface area contributed by atoms with E-state index in [0.29, 0.717) is 30.6 Å². The first-order valence-electron chi connectivity index (χ1n) is 8.38. The third-order valence-electron chi connectivity index (χ3n) is 3.41. The summed E-state index contributed by atoms with van der Waals surface area (Å²) in [6.07, 6.45) is 1.45. The molecule has 26 heavy (non-hydrogen) atoms. The molecule has 1 aromatic carbocycles. The van der Waals surface area contributed by atoms with Crippen LogP contribution in [0.2, 0.25) is 0 Å². The molecule has 0 fully saturated rings. The molecule has 0 bridgehead atoms. The molecule has 7 nitrogen and oxygen atoms in total. The molecule has 0 spiro atoms. The molecule has 0 unspecified atom stereocenters. The van der Waals surface area contributed by atoms with Crippen LogP contribution in [0.4, 0.5) is 0 Å². The first-order chi connectivity index (χ1) is 12.3. The van der Waals surface area contributed by atoms with E-state index >= 15 is 0 Å². The van der Waals surface area contributed by atoms with E-state index in [1.54, 1.807) is 12.1 Å². The molecule has 0 saturated heterocycles. The summed E-state index contributed by atoms with van der Waals surface area (Å²) in [4.78, 5) is 15.0. The zero-order valence-corrected chi connectivity index (χ0v) is 15.9. The van der Waals surface area contributed by atoms with Gasteiger partial charge >= 0.3 is 0 Å². The van der Waals surface area contributed by atoms with Gasteiger partial charge in [-0.3, -0.25) is 4.79 Å². The molecular weight excluding hydrogens is 356 g/mol. The summed E-state index contributed by atoms with van der Waals surface area (Å²) in [6.45, 7) is 6.74. The number of aromatic amines is 1. The lowest BCUT2D eigenvalue weighted by atomic mass is 10.2. The van der Waals surface area contributed by atoms with E-state index in [4.69, 9.17) is 9.47 Å². The molecule has 0 aliphatic rings. The highest BCUT2D eigenvalue weighted by Crippen LogP contribution is 2.16. The zero-order chi connectivity index (χ0) is 19.2. The third-order valence-corrected chi connectivity index (χ3v) is 4.82. The van der Waals surface area contributed by atoms with Crippen LogP contribution in [0.15, 0.2) is 46.2 Å². The number of hydrogen-bond donors (Lipinski definition) is 2. The van der Waals surface area contributed by atoms with Crippen LogP contribution < -0.4 is 19.6 Å². The number of rotatable bonds is 9. The first-order valence-corrected chi connectivity index (χ1v) is 9.87. The Labute approximate surface area is 153 Å². The smallest absolute Gasteiger partial charge is 0.240 e. The van der Waals surface area contributed by atoms with Crippen molar-refractivity contribution in [3.05, 3.63) is 52.4 Å². The molecule has 1 aromatic heterocycles. The van der Waals surface area contributed by atoms with Crippen molar-refractivity contribution in [1.29, 1.82) is 0 Å². The van der Waals surface area contributed by atoms with Crippen LogP contribution in [0.5, 0.6) is 11.5 Å². The van der Waals surface area contributed by atoms with Crippen LogP contribution in [0.1, 0.15) is 26.5 Å². The van der Waals surface area contributed by atoms with E-state index in [1.165, 1.54) is 24.4 Å². The van der Waals surface area contributed by atoms with E-state index in [0.717, 1.165) is 0 Å². The SMILES string of the molecule is CCOc1ccc(S(=O)(=O)NCc2cc(=O)c(OCC(C)C)c[nH]2)cc1. The second kappa shape index (κ2) is 8.86. The van der Waals surface area contributed by atoms with Gasteiger partial charge in [0, 0.05) is 18.0 Å². The minimum Gasteiger partial charge on any atom is -0.494 e. The number of benzene rings is 1. The van der Waals surface area contributed by atoms with Crippen LogP contribution in [-0.2, 0) is 16.6 Å². The van der Waals surface area contributed by atoms with Gasteiger partial charge in [0.05, 0.1) is 24.7 Å². The molecule has 0 saturated carbocycles. The Morgan fingerprint density at radius 2 is 1.85 bits per heavy atom. The van der Waals surface area contributed by atoms with Crippen molar-refractivity contribution in [1.82, 2.24) is 9.71 Å². The number of nitrogens with one attached hydrogen (secondary N) is 2. The molecule has 8 heteroatoms. The molecule has 2 aromatic rings. The fourth-order valence-electron chi connectivity index (χ4n) is 2.11. The van der Waals surface area contributed by atoms with E-state index in [1.807, 2.05) is 20.8 Å². The van der Waals surface area contributed by atoms with Crippen molar-refractivity contribution >= 4 is 10.0 Å². The number of hydrogen-bond acceptors (Lipinski definition) is 5. The number of H-pyrrole nitrogens is 1. The lowest BCUT2D eigenvalue weighted by Crippen LogP contribution is -2.24. The van der Waals surface area contributed by atoms with Crippen LogP contribution >= 0.6 is 0 Å². The first kappa shape index (κ1) is 20.0. The quantitative estimate of drug-likeness (QED) is 0.696. The average molecular weight is 380 g/mol. The second-order valence-corrected chi connectivity index (χ2v) is 7.89. The van der Waals surface area contributed by atoms with E-state index in [2.05, 4.69) is 9.71 Å². The van der Waals surface area contributed by atoms with Crippen molar-refractivity contribution in [2.24, 2.45) is 5.92 Å². The van der Waals surface area contributed by atoms with Gasteiger partial charge < -0.3 is 14.5 Å². The second-order valence-electron chi connectivity index (χ2n) is 6.12. The van der Waals surface area contributed by atoms with Gasteiger partial charge in [-0.25, -0.2) is 13.1 Å². The highest BCUT2D eigenvalue weighted by Gasteiger charge is 2.14. The summed E-state index contributed by atoms with van der Waals surface area (Å²) in [6, 6.07) is 7.47. The Kier molecular flexibility index (Phi) is 6.82. The van der Waals surface area contributed by atoms with Crippen LogP contribution in [0, 0.1) is 5.92 Å². The molecule has 142 valence electrons. The van der Waals surface area contributed by atoms with Crippen molar-refractivity contribution < 1.29 is 17.9 Å². The molecule has 0 aliphatic heterocycles. The summed E-state index contributed by atoms with van der Waals surface area (Å²) < 4.78 is 37.8. The van der Waals surface area contributed by atoms with Crippen LogP contribution in [0.25, 0.3) is 0 Å². The maximum absolute atomic E-state index is 12.3. The van der Waals surface area contributed by atoms with Gasteiger partial charge in [-0.15, -0.1) is 0 Å². The van der Waals surface area contributed by atoms with Crippen molar-refractivity contribution in [3.63, 3.8) is 0 Å². The minimum atomic E-state index is -3.69. The fraction of sp³-hybridized carbons (Fsp3) is 0.389. The maximum atomic E-state index is 12.3. The predicted molar refractivity (Wildman–Crippen MR) is 99.0 cm³/mol. The molecule has 0 radical (unpaired) electrons. The van der Waals surface area contributed by atoms with E-state index in [-0.39, 0.29) is 22.6 Å². The Morgan fingerprint density at radius 1 is 1.15 bits per heavy atom. The van der Waals surface area contributed by atoms with Crippen molar-refractivity contribution in [2.45, 2.75) is 32.2 Å². The summed E-state index contributed by atoms with van der Waals surface area (Å²) in [5.74, 6) is 1.12. The topological polar surface area (TPSA) is 97.5 Å². The third kappa shape index (κ3) is 5.60. The highest BCUT2D eigenvalue weighted by atomic mass is 32.2. The normalized spacial score (nSPS) is 11.5. The zero-order valence-electron chi connectivity index (χ0n) is 15.1. The van der Waals surface area contributed by atoms with Gasteiger partial charge in [-0.2, -0.15) is 0 Å². The molecule has 2 N–H and O–H groups in total. The minimum absolute atomic E-state index is 0.0325. The largest absolute Gasteiger partial charge is 0.494 e. The number of pyridine rings is 1. The van der Waals surface area contributed by atoms with E-state index in [9.17, 15) is 13.2 Å². The summed E-state index contributed by atoms with van der Waals surface area (Å²) in [5, 5.41) is 0. The lowest BCUT2D eigenvalue weighted by molar-refractivity contribution is 0.267. The Hall–Kier alpha value is -2.32. The summed E-state index contributed by atoms with van der Waals surface area (Å²) >= 11 is 0. The summed E-state index contributed by atoms with van der Waals surface area (Å²) in [7, 11) is -3.69. The van der Waals surface area contributed by atoms with Crippen molar-refractivity contribution in [3.8, 4) is 11.5 Å². The molecule has 0 aliphatic carbocycles. The molecule has 1 heterocycles. The van der Waals surface area contributed by atoms with Gasteiger partial charge in [0.25, 0.3) is 0 Å². The van der Waals surface area contributed by atoms with Gasteiger partial charge in [0.2, 0.25) is 15.5 Å². The molecule has 0 atom stereocenters. The van der Waals surface area contributed by atoms with Crippen molar-refractivity contribution in [2.75, 3.05) is 13.2 Å². The predicted octanol–water partition coefficient (Wildman–Crippen LogP) is 2.29. The maximum Gasteiger partial charge on any atom is 0.240 e. The molecule has 0 amide bonds. The number of sulfonamides is 1. The highest BCUT2D eigenvalue weighted by molar-refractivity contribution is 7.89. The monoisotopic (exact) mass is 380 g/mol. The number of ether oxygens (including phenoxy) is 2.